The molecule has 0 aliphatic carbocycles. The van der Waals surface area contributed by atoms with Crippen LogP contribution in [0.4, 0.5) is 0 Å². The van der Waals surface area contributed by atoms with Gasteiger partial charge in [0.2, 0.25) is 0 Å². The van der Waals surface area contributed by atoms with Crippen molar-refractivity contribution in [2.75, 3.05) is 13.7 Å². The molecule has 2 nitrogen and oxygen atoms in total. The fraction of sp³-hybridized carbons (Fsp3) is 0.294. The van der Waals surface area contributed by atoms with Crippen molar-refractivity contribution in [3.63, 3.8) is 0 Å². The lowest BCUT2D eigenvalue weighted by Gasteiger charge is -2.23. The van der Waals surface area contributed by atoms with E-state index in [1.54, 1.807) is 0 Å². The van der Waals surface area contributed by atoms with Gasteiger partial charge in [-0.1, -0.05) is 39.7 Å². The second-order valence-corrected chi connectivity index (χ2v) is 6.53. The van der Waals surface area contributed by atoms with Gasteiger partial charge in [-0.15, -0.1) is 0 Å². The number of benzene rings is 2. The van der Waals surface area contributed by atoms with Crippen LogP contribution in [0.25, 0.3) is 0 Å². The predicted octanol–water partition coefficient (Wildman–Crippen LogP) is 4.74. The van der Waals surface area contributed by atoms with Crippen molar-refractivity contribution < 1.29 is 4.74 Å². The lowest BCUT2D eigenvalue weighted by Crippen LogP contribution is -2.19. The van der Waals surface area contributed by atoms with Crippen molar-refractivity contribution in [3.05, 3.63) is 62.6 Å². The van der Waals surface area contributed by atoms with Crippen molar-refractivity contribution in [2.24, 2.45) is 0 Å². The Hall–Kier alpha value is -1.03. The van der Waals surface area contributed by atoms with E-state index >= 15 is 0 Å². The fourth-order valence-corrected chi connectivity index (χ4v) is 3.40. The Morgan fingerprint density at radius 3 is 2.90 bits per heavy atom. The molecule has 4 heteroatoms. The predicted molar refractivity (Wildman–Crippen MR) is 90.3 cm³/mol. The van der Waals surface area contributed by atoms with Crippen LogP contribution in [-0.2, 0) is 6.42 Å². The third kappa shape index (κ3) is 3.10. The van der Waals surface area contributed by atoms with Gasteiger partial charge in [0.25, 0.3) is 0 Å². The van der Waals surface area contributed by atoms with E-state index in [1.165, 1.54) is 11.1 Å². The Kier molecular flexibility index (Phi) is 4.53. The highest BCUT2D eigenvalue weighted by atomic mass is 79.9. The van der Waals surface area contributed by atoms with Crippen molar-refractivity contribution in [1.82, 2.24) is 5.32 Å². The Morgan fingerprint density at radius 1 is 1.24 bits per heavy atom. The van der Waals surface area contributed by atoms with Crippen LogP contribution >= 0.6 is 27.5 Å². The number of rotatable bonds is 3. The lowest BCUT2D eigenvalue weighted by molar-refractivity contribution is 0.288. The number of halogens is 2. The van der Waals surface area contributed by atoms with Gasteiger partial charge in [0.1, 0.15) is 5.75 Å². The Balaban J connectivity index is 2.01. The van der Waals surface area contributed by atoms with E-state index in [-0.39, 0.29) is 6.04 Å². The SMILES string of the molecule is CNC(c1ccc2c(c1)CCCO2)c1cc(Br)ccc1Cl. The zero-order chi connectivity index (χ0) is 14.8. The molecule has 1 heterocycles. The summed E-state index contributed by atoms with van der Waals surface area (Å²) in [6.07, 6.45) is 2.16. The number of aryl methyl sites for hydroxylation is 1. The molecule has 0 amide bonds. The summed E-state index contributed by atoms with van der Waals surface area (Å²) in [5.41, 5.74) is 3.57. The maximum absolute atomic E-state index is 6.38. The maximum Gasteiger partial charge on any atom is 0.122 e. The molecule has 2 aromatic carbocycles. The minimum atomic E-state index is 0.0715. The Labute approximate surface area is 138 Å². The second kappa shape index (κ2) is 6.39. The monoisotopic (exact) mass is 365 g/mol. The first-order valence-electron chi connectivity index (χ1n) is 7.07. The van der Waals surface area contributed by atoms with Gasteiger partial charge in [0.05, 0.1) is 12.6 Å². The summed E-state index contributed by atoms with van der Waals surface area (Å²) >= 11 is 9.90. The van der Waals surface area contributed by atoms with Gasteiger partial charge >= 0.3 is 0 Å². The molecule has 1 aliphatic rings. The van der Waals surface area contributed by atoms with Crippen LogP contribution in [0.5, 0.6) is 5.75 Å². The second-order valence-electron chi connectivity index (χ2n) is 5.21. The summed E-state index contributed by atoms with van der Waals surface area (Å²) in [5.74, 6) is 1.01. The quantitative estimate of drug-likeness (QED) is 0.847. The summed E-state index contributed by atoms with van der Waals surface area (Å²) in [6, 6.07) is 12.4. The van der Waals surface area contributed by atoms with Crippen LogP contribution < -0.4 is 10.1 Å². The molecular weight excluding hydrogens is 350 g/mol. The van der Waals surface area contributed by atoms with E-state index < -0.39 is 0 Å². The normalized spacial score (nSPS) is 15.2. The van der Waals surface area contributed by atoms with Crippen LogP contribution in [0.3, 0.4) is 0 Å². The molecule has 3 rings (SSSR count). The molecule has 1 atom stereocenters. The molecule has 0 spiro atoms. The first-order chi connectivity index (χ1) is 10.2. The van der Waals surface area contributed by atoms with Gasteiger partial charge in [-0.3, -0.25) is 0 Å². The number of hydrogen-bond donors (Lipinski definition) is 1. The number of hydrogen-bond acceptors (Lipinski definition) is 2. The molecule has 2 aromatic rings. The highest BCUT2D eigenvalue weighted by Gasteiger charge is 2.18. The minimum Gasteiger partial charge on any atom is -0.493 e. The molecule has 1 N–H and O–H groups in total. The average Bonchev–Trinajstić information content (AvgIpc) is 2.51. The number of fused-ring (bicyclic) bond motifs is 1. The summed E-state index contributed by atoms with van der Waals surface area (Å²) in [4.78, 5) is 0. The molecule has 0 aromatic heterocycles. The zero-order valence-corrected chi connectivity index (χ0v) is 14.2. The third-order valence-corrected chi connectivity index (χ3v) is 4.66. The van der Waals surface area contributed by atoms with Crippen molar-refractivity contribution in [2.45, 2.75) is 18.9 Å². The van der Waals surface area contributed by atoms with Crippen molar-refractivity contribution >= 4 is 27.5 Å². The van der Waals surface area contributed by atoms with Crippen LogP contribution in [-0.4, -0.2) is 13.7 Å². The lowest BCUT2D eigenvalue weighted by atomic mass is 9.95. The summed E-state index contributed by atoms with van der Waals surface area (Å²) in [6.45, 7) is 0.819. The molecule has 21 heavy (non-hydrogen) atoms. The van der Waals surface area contributed by atoms with Gasteiger partial charge in [0, 0.05) is 9.50 Å². The summed E-state index contributed by atoms with van der Waals surface area (Å²) < 4.78 is 6.72. The number of nitrogens with one attached hydrogen (secondary N) is 1. The molecule has 0 bridgehead atoms. The molecular formula is C17H17BrClNO. The Morgan fingerprint density at radius 2 is 2.10 bits per heavy atom. The molecule has 0 radical (unpaired) electrons. The molecule has 0 saturated carbocycles. The highest BCUT2D eigenvalue weighted by molar-refractivity contribution is 9.10. The topological polar surface area (TPSA) is 21.3 Å². The minimum absolute atomic E-state index is 0.0715. The highest BCUT2D eigenvalue weighted by Crippen LogP contribution is 2.33. The number of ether oxygens (including phenoxy) is 1. The largest absolute Gasteiger partial charge is 0.493 e. The molecule has 0 saturated heterocycles. The zero-order valence-electron chi connectivity index (χ0n) is 11.8. The standard InChI is InChI=1S/C17H17BrClNO/c1-20-17(14-10-13(18)5-6-15(14)19)12-4-7-16-11(9-12)3-2-8-21-16/h4-7,9-10,17,20H,2-3,8H2,1H3. The van der Waals surface area contributed by atoms with Gasteiger partial charge in [-0.2, -0.15) is 0 Å². The van der Waals surface area contributed by atoms with Gasteiger partial charge in [-0.25, -0.2) is 0 Å². The van der Waals surface area contributed by atoms with Crippen LogP contribution in [0, 0.1) is 0 Å². The molecule has 1 unspecified atom stereocenters. The van der Waals surface area contributed by atoms with Crippen LogP contribution in [0.15, 0.2) is 40.9 Å². The molecule has 1 aliphatic heterocycles. The molecule has 110 valence electrons. The van der Waals surface area contributed by atoms with Gasteiger partial charge in [-0.05, 0) is 60.8 Å². The average molecular weight is 367 g/mol. The maximum atomic E-state index is 6.38. The van der Waals surface area contributed by atoms with Crippen LogP contribution in [0.2, 0.25) is 5.02 Å². The molecule has 0 fully saturated rings. The smallest absolute Gasteiger partial charge is 0.122 e. The van der Waals surface area contributed by atoms with E-state index in [2.05, 4.69) is 45.5 Å². The van der Waals surface area contributed by atoms with Crippen molar-refractivity contribution in [1.29, 1.82) is 0 Å². The first-order valence-corrected chi connectivity index (χ1v) is 8.24. The van der Waals surface area contributed by atoms with E-state index in [4.69, 9.17) is 16.3 Å². The fourth-order valence-electron chi connectivity index (χ4n) is 2.80. The summed E-state index contributed by atoms with van der Waals surface area (Å²) in [7, 11) is 1.96. The van der Waals surface area contributed by atoms with Crippen LogP contribution in [0.1, 0.15) is 29.2 Å². The van der Waals surface area contributed by atoms with Gasteiger partial charge in [0.15, 0.2) is 0 Å². The van der Waals surface area contributed by atoms with Gasteiger partial charge < -0.3 is 10.1 Å². The summed E-state index contributed by atoms with van der Waals surface area (Å²) in [5, 5.41) is 4.13. The van der Waals surface area contributed by atoms with E-state index in [9.17, 15) is 0 Å². The Bertz CT molecular complexity index is 659. The third-order valence-electron chi connectivity index (χ3n) is 3.82. The van der Waals surface area contributed by atoms with E-state index in [1.807, 2.05) is 19.2 Å². The van der Waals surface area contributed by atoms with E-state index in [0.29, 0.717) is 0 Å². The van der Waals surface area contributed by atoms with E-state index in [0.717, 1.165) is 40.3 Å². The first kappa shape index (κ1) is 14.9. The van der Waals surface area contributed by atoms with Crippen molar-refractivity contribution in [3.8, 4) is 5.75 Å².